The summed E-state index contributed by atoms with van der Waals surface area (Å²) in [4.78, 5) is 28.8. The highest BCUT2D eigenvalue weighted by molar-refractivity contribution is 6.32. The molecule has 0 saturated carbocycles. The molecule has 0 radical (unpaired) electrons. The maximum absolute atomic E-state index is 13.7. The van der Waals surface area contributed by atoms with Crippen LogP contribution in [0.5, 0.6) is 5.75 Å². The molecule has 5 nitrogen and oxygen atoms in total. The van der Waals surface area contributed by atoms with E-state index in [9.17, 15) is 14.0 Å². The van der Waals surface area contributed by atoms with Gasteiger partial charge in [0.1, 0.15) is 17.6 Å². The fourth-order valence-electron chi connectivity index (χ4n) is 4.03. The van der Waals surface area contributed by atoms with E-state index in [2.05, 4.69) is 5.32 Å². The first-order valence-corrected chi connectivity index (χ1v) is 13.1. The monoisotopic (exact) mass is 564 g/mol. The van der Waals surface area contributed by atoms with Crippen molar-refractivity contribution in [2.24, 2.45) is 0 Å². The van der Waals surface area contributed by atoms with Crippen LogP contribution >= 0.6 is 23.2 Å². The number of amides is 2. The van der Waals surface area contributed by atoms with Crippen molar-refractivity contribution in [1.29, 1.82) is 0 Å². The van der Waals surface area contributed by atoms with Gasteiger partial charge in [-0.15, -0.1) is 0 Å². The first-order chi connectivity index (χ1) is 18.9. The van der Waals surface area contributed by atoms with Crippen LogP contribution in [0.4, 0.5) is 4.39 Å². The van der Waals surface area contributed by atoms with Gasteiger partial charge in [0.15, 0.2) is 6.61 Å². The van der Waals surface area contributed by atoms with Crippen molar-refractivity contribution in [2.45, 2.75) is 25.6 Å². The van der Waals surface area contributed by atoms with Crippen LogP contribution in [0, 0.1) is 5.82 Å². The highest BCUT2D eigenvalue weighted by atomic mass is 35.5. The summed E-state index contributed by atoms with van der Waals surface area (Å²) in [5.41, 5.74) is 2.42. The van der Waals surface area contributed by atoms with Crippen molar-refractivity contribution in [3.63, 3.8) is 0 Å². The molecule has 2 amide bonds. The Morgan fingerprint density at radius 1 is 0.795 bits per heavy atom. The molecule has 4 aromatic carbocycles. The fraction of sp³-hybridized carbons (Fsp3) is 0.161. The second-order valence-electron chi connectivity index (χ2n) is 8.92. The molecule has 39 heavy (non-hydrogen) atoms. The number of hydrogen-bond donors (Lipinski definition) is 1. The highest BCUT2D eigenvalue weighted by Crippen LogP contribution is 2.23. The largest absolute Gasteiger partial charge is 0.482 e. The van der Waals surface area contributed by atoms with Gasteiger partial charge in [0, 0.05) is 24.5 Å². The van der Waals surface area contributed by atoms with Gasteiger partial charge in [-0.3, -0.25) is 9.59 Å². The zero-order valence-electron chi connectivity index (χ0n) is 21.0. The fourth-order valence-corrected chi connectivity index (χ4v) is 4.35. The van der Waals surface area contributed by atoms with Crippen LogP contribution in [-0.4, -0.2) is 29.4 Å². The second kappa shape index (κ2) is 13.8. The summed E-state index contributed by atoms with van der Waals surface area (Å²) in [5.74, 6) is -0.773. The summed E-state index contributed by atoms with van der Waals surface area (Å²) in [6, 6.07) is 28.4. The third-order valence-electron chi connectivity index (χ3n) is 6.11. The Labute approximate surface area is 237 Å². The molecule has 0 saturated heterocycles. The van der Waals surface area contributed by atoms with Gasteiger partial charge < -0.3 is 15.0 Å². The summed E-state index contributed by atoms with van der Waals surface area (Å²) >= 11 is 12.2. The van der Waals surface area contributed by atoms with Crippen LogP contribution in [0.2, 0.25) is 10.0 Å². The normalized spacial score (nSPS) is 11.5. The maximum atomic E-state index is 13.7. The quantitative estimate of drug-likeness (QED) is 0.227. The van der Waals surface area contributed by atoms with Gasteiger partial charge in [-0.1, -0.05) is 89.9 Å². The summed E-state index contributed by atoms with van der Waals surface area (Å²) < 4.78 is 19.3. The van der Waals surface area contributed by atoms with Gasteiger partial charge in [-0.2, -0.15) is 0 Å². The number of ether oxygens (including phenoxy) is 1. The van der Waals surface area contributed by atoms with Gasteiger partial charge >= 0.3 is 0 Å². The minimum absolute atomic E-state index is 0.0802. The number of halogens is 3. The Kier molecular flexibility index (Phi) is 9.95. The second-order valence-corrected chi connectivity index (χ2v) is 9.76. The number of hydrogen-bond acceptors (Lipinski definition) is 3. The van der Waals surface area contributed by atoms with Crippen LogP contribution in [0.3, 0.4) is 0 Å². The van der Waals surface area contributed by atoms with Crippen molar-refractivity contribution in [3.8, 4) is 5.75 Å². The van der Waals surface area contributed by atoms with Crippen LogP contribution in [0.15, 0.2) is 103 Å². The first kappa shape index (κ1) is 28.1. The van der Waals surface area contributed by atoms with E-state index in [4.69, 9.17) is 27.9 Å². The van der Waals surface area contributed by atoms with E-state index in [-0.39, 0.29) is 37.8 Å². The summed E-state index contributed by atoms with van der Waals surface area (Å²) in [6.07, 6.45) is 0.270. The van der Waals surface area contributed by atoms with Crippen molar-refractivity contribution < 1.29 is 18.7 Å². The molecule has 0 aliphatic carbocycles. The number of nitrogens with zero attached hydrogens (tertiary/aromatic N) is 1. The molecule has 0 aliphatic heterocycles. The lowest BCUT2D eigenvalue weighted by atomic mass is 10.0. The van der Waals surface area contributed by atoms with Crippen molar-refractivity contribution in [2.75, 3.05) is 6.61 Å². The summed E-state index contributed by atoms with van der Waals surface area (Å²) in [6.45, 7) is 0.00748. The van der Waals surface area contributed by atoms with Gasteiger partial charge in [-0.05, 0) is 53.1 Å². The number of nitrogens with one attached hydrogen (secondary N) is 1. The SMILES string of the molecule is O=C(NCc1ccc(Cl)cc1)C(Cc1ccccc1)N(Cc1ccc(F)cc1)C(=O)COc1ccccc1Cl. The lowest BCUT2D eigenvalue weighted by Crippen LogP contribution is -2.51. The molecule has 4 rings (SSSR count). The Morgan fingerprint density at radius 2 is 1.44 bits per heavy atom. The topological polar surface area (TPSA) is 58.6 Å². The van der Waals surface area contributed by atoms with Crippen molar-refractivity contribution >= 4 is 35.0 Å². The van der Waals surface area contributed by atoms with E-state index < -0.39 is 11.9 Å². The summed E-state index contributed by atoms with van der Waals surface area (Å²) in [7, 11) is 0. The van der Waals surface area contributed by atoms with Crippen LogP contribution in [0.25, 0.3) is 0 Å². The molecule has 0 spiro atoms. The van der Waals surface area contributed by atoms with Crippen LogP contribution in [-0.2, 0) is 29.1 Å². The van der Waals surface area contributed by atoms with E-state index in [1.807, 2.05) is 42.5 Å². The van der Waals surface area contributed by atoms with E-state index in [1.165, 1.54) is 17.0 Å². The number of para-hydroxylation sites is 1. The number of carbonyl (C=O) groups excluding carboxylic acids is 2. The molecule has 1 N–H and O–H groups in total. The molecule has 1 atom stereocenters. The molecule has 0 aromatic heterocycles. The zero-order chi connectivity index (χ0) is 27.6. The Bertz CT molecular complexity index is 1380. The average Bonchev–Trinajstić information content (AvgIpc) is 2.95. The molecular formula is C31H27Cl2FN2O3. The zero-order valence-corrected chi connectivity index (χ0v) is 22.5. The van der Waals surface area contributed by atoms with E-state index >= 15 is 0 Å². The predicted octanol–water partition coefficient (Wildman–Crippen LogP) is 6.47. The molecule has 8 heteroatoms. The van der Waals surface area contributed by atoms with E-state index in [0.717, 1.165) is 11.1 Å². The first-order valence-electron chi connectivity index (χ1n) is 12.4. The maximum Gasteiger partial charge on any atom is 0.261 e. The Hall–Kier alpha value is -3.87. The van der Waals surface area contributed by atoms with Crippen LogP contribution < -0.4 is 10.1 Å². The molecular weight excluding hydrogens is 538 g/mol. The third-order valence-corrected chi connectivity index (χ3v) is 6.67. The molecule has 200 valence electrons. The molecule has 0 aliphatic rings. The van der Waals surface area contributed by atoms with E-state index in [0.29, 0.717) is 21.4 Å². The standard InChI is InChI=1S/C31H27Cl2FN2O3/c32-25-14-10-23(11-15-25)19-35-31(38)28(18-22-6-2-1-3-7-22)36(20-24-12-16-26(34)17-13-24)30(37)21-39-29-9-5-4-8-27(29)33/h1-17,28H,18-21H2,(H,35,38). The molecule has 0 heterocycles. The van der Waals surface area contributed by atoms with Crippen LogP contribution in [0.1, 0.15) is 16.7 Å². The van der Waals surface area contributed by atoms with Gasteiger partial charge in [-0.25, -0.2) is 4.39 Å². The highest BCUT2D eigenvalue weighted by Gasteiger charge is 2.30. The number of rotatable bonds is 11. The third kappa shape index (κ3) is 8.31. The molecule has 0 fully saturated rings. The molecule has 4 aromatic rings. The van der Waals surface area contributed by atoms with E-state index in [1.54, 1.807) is 48.5 Å². The van der Waals surface area contributed by atoms with Crippen molar-refractivity contribution in [3.05, 3.63) is 136 Å². The van der Waals surface area contributed by atoms with Gasteiger partial charge in [0.05, 0.1) is 5.02 Å². The summed E-state index contributed by atoms with van der Waals surface area (Å²) in [5, 5.41) is 3.92. The van der Waals surface area contributed by atoms with Gasteiger partial charge in [0.2, 0.25) is 5.91 Å². The predicted molar refractivity (Wildman–Crippen MR) is 151 cm³/mol. The minimum atomic E-state index is -0.868. The van der Waals surface area contributed by atoms with Crippen molar-refractivity contribution in [1.82, 2.24) is 10.2 Å². The minimum Gasteiger partial charge on any atom is -0.482 e. The number of carbonyl (C=O) groups is 2. The average molecular weight is 565 g/mol. The van der Waals surface area contributed by atoms with Gasteiger partial charge in [0.25, 0.3) is 5.91 Å². The number of benzene rings is 4. The Balaban J connectivity index is 1.61. The lowest BCUT2D eigenvalue weighted by Gasteiger charge is -2.31. The smallest absolute Gasteiger partial charge is 0.261 e. The lowest BCUT2D eigenvalue weighted by molar-refractivity contribution is -0.142. The Morgan fingerprint density at radius 3 is 2.13 bits per heavy atom. The molecule has 1 unspecified atom stereocenters. The molecule has 0 bridgehead atoms.